The fourth-order valence-electron chi connectivity index (χ4n) is 3.38. The Morgan fingerprint density at radius 2 is 2.13 bits per heavy atom. The summed E-state index contributed by atoms with van der Waals surface area (Å²) in [5, 5.41) is 8.76. The summed E-state index contributed by atoms with van der Waals surface area (Å²) >= 11 is 0.117. The van der Waals surface area contributed by atoms with E-state index in [1.54, 1.807) is 4.68 Å². The van der Waals surface area contributed by atoms with Gasteiger partial charge in [-0.1, -0.05) is 0 Å². The van der Waals surface area contributed by atoms with Crippen LogP contribution in [0.2, 0.25) is 0 Å². The summed E-state index contributed by atoms with van der Waals surface area (Å²) in [7, 11) is 0. The third-order valence-corrected chi connectivity index (χ3v) is 10.6. The van der Waals surface area contributed by atoms with E-state index >= 15 is 0 Å². The number of aliphatic imine (C=N–C) groups is 1. The number of halogens is 2. The van der Waals surface area contributed by atoms with Gasteiger partial charge in [0, 0.05) is 0 Å². The number of fused-ring (bicyclic) bond motifs is 1. The topological polar surface area (TPSA) is 91.0 Å². The van der Waals surface area contributed by atoms with Gasteiger partial charge in [0.25, 0.3) is 0 Å². The summed E-state index contributed by atoms with van der Waals surface area (Å²) in [6, 6.07) is 6.02. The number of hydrogen-bond donors (Lipinski definition) is 0. The van der Waals surface area contributed by atoms with Crippen LogP contribution >= 0.6 is 0 Å². The van der Waals surface area contributed by atoms with Gasteiger partial charge in [0.1, 0.15) is 0 Å². The molecule has 3 aromatic heterocycles. The molecular formula is C21H21I2N7O-2. The van der Waals surface area contributed by atoms with E-state index in [1.165, 1.54) is 22.4 Å². The van der Waals surface area contributed by atoms with Crippen LogP contribution in [0, 0.1) is 0 Å². The molecule has 162 valence electrons. The van der Waals surface area contributed by atoms with Crippen molar-refractivity contribution >= 4 is 27.4 Å². The number of ether oxygens (including phenoxy) is 1. The molecule has 0 N–H and O–H groups in total. The zero-order chi connectivity index (χ0) is 21.2. The summed E-state index contributed by atoms with van der Waals surface area (Å²) in [6.45, 7) is 6.79. The molecule has 2 aliphatic heterocycles. The molecule has 0 radical (unpaired) electrons. The maximum atomic E-state index is 6.04. The van der Waals surface area contributed by atoms with E-state index < -0.39 is 0 Å². The average molecular weight is 641 g/mol. The van der Waals surface area contributed by atoms with Crippen LogP contribution in [-0.2, 0) is 17.9 Å². The number of aromatic nitrogens is 6. The Morgan fingerprint density at radius 3 is 2.90 bits per heavy atom. The number of nitrogens with zero attached hydrogens (tertiary/aromatic N) is 7. The van der Waals surface area contributed by atoms with Gasteiger partial charge in [-0.3, -0.25) is 0 Å². The maximum absolute atomic E-state index is 6.04. The van der Waals surface area contributed by atoms with Gasteiger partial charge in [-0.05, 0) is 0 Å². The molecule has 1 saturated heterocycles. The summed E-state index contributed by atoms with van der Waals surface area (Å²) < 4.78 is 13.0. The van der Waals surface area contributed by atoms with Crippen molar-refractivity contribution in [3.05, 3.63) is 51.0 Å². The molecular weight excluding hydrogens is 620 g/mol. The molecule has 0 aromatic carbocycles. The average Bonchev–Trinajstić information content (AvgIpc) is 3.54. The predicted molar refractivity (Wildman–Crippen MR) is 110 cm³/mol. The number of rotatable bonds is 7. The van der Waals surface area contributed by atoms with Crippen molar-refractivity contribution < 1.29 is 47.1 Å². The van der Waals surface area contributed by atoms with Gasteiger partial charge in [0.05, 0.1) is 0 Å². The third kappa shape index (κ3) is 4.70. The summed E-state index contributed by atoms with van der Waals surface area (Å²) in [6.07, 6.45) is 5.89. The zero-order valence-electron chi connectivity index (χ0n) is 17.0. The first-order valence-electron chi connectivity index (χ1n) is 9.91. The molecule has 0 spiro atoms. The molecule has 8 nitrogen and oxygen atoms in total. The Kier molecular flexibility index (Phi) is 6.36. The van der Waals surface area contributed by atoms with E-state index in [4.69, 9.17) is 9.72 Å². The molecule has 1 fully saturated rings. The van der Waals surface area contributed by atoms with E-state index in [0.29, 0.717) is 57.6 Å². The quantitative estimate of drug-likeness (QED) is 0.153. The van der Waals surface area contributed by atoms with Crippen molar-refractivity contribution in [3.63, 3.8) is 0 Å². The number of pyridine rings is 1. The van der Waals surface area contributed by atoms with Gasteiger partial charge < -0.3 is 0 Å². The number of allylic oxidation sites excluding steroid dienone is 3. The van der Waals surface area contributed by atoms with Crippen LogP contribution in [0.5, 0.6) is 0 Å². The molecule has 1 unspecified atom stereocenters. The van der Waals surface area contributed by atoms with Crippen LogP contribution < -0.4 is 42.4 Å². The van der Waals surface area contributed by atoms with Crippen LogP contribution in [0.1, 0.15) is 30.4 Å². The molecule has 0 bridgehead atoms. The van der Waals surface area contributed by atoms with Gasteiger partial charge in [0.2, 0.25) is 0 Å². The number of alkyl halides is 2. The molecule has 1 atom stereocenters. The molecule has 5 heterocycles. The Bertz CT molecular complexity index is 1200. The van der Waals surface area contributed by atoms with Gasteiger partial charge in [0.15, 0.2) is 0 Å². The summed E-state index contributed by atoms with van der Waals surface area (Å²) in [4.78, 5) is 17.8. The van der Waals surface area contributed by atoms with E-state index in [9.17, 15) is 0 Å². The summed E-state index contributed by atoms with van der Waals surface area (Å²) in [5.41, 5.74) is 4.00. The van der Waals surface area contributed by atoms with Crippen molar-refractivity contribution in [2.24, 2.45) is 4.99 Å². The van der Waals surface area contributed by atoms with Crippen LogP contribution in [0.3, 0.4) is 0 Å². The van der Waals surface area contributed by atoms with Crippen molar-refractivity contribution in [2.75, 3.05) is 8.86 Å². The molecule has 5 rings (SSSR count). The first-order chi connectivity index (χ1) is 15.2. The second-order valence-electron chi connectivity index (χ2n) is 7.19. The fourth-order valence-corrected chi connectivity index (χ4v) is 8.61. The van der Waals surface area contributed by atoms with E-state index in [-0.39, 0.29) is 21.2 Å². The van der Waals surface area contributed by atoms with Crippen molar-refractivity contribution in [2.45, 2.75) is 32.6 Å². The van der Waals surface area contributed by atoms with Crippen molar-refractivity contribution in [1.29, 1.82) is 0 Å². The van der Waals surface area contributed by atoms with Gasteiger partial charge >= 0.3 is 202 Å². The van der Waals surface area contributed by atoms with Crippen molar-refractivity contribution in [3.8, 4) is 0 Å². The summed E-state index contributed by atoms with van der Waals surface area (Å²) in [5.74, 6) is 0.343. The standard InChI is InChI=1S/C21H21I2N7O/c1-13-6-7-17(23-13)18-19-20(27-21(24-2)26-18)30(29-28-19)11-14-4-3-5-15(25-14)12-31-16-8-9-22-10-16/h3-7,16H,2,8-12H2,1H3/q-2. The Morgan fingerprint density at radius 1 is 1.23 bits per heavy atom. The van der Waals surface area contributed by atoms with Crippen LogP contribution in [0.4, 0.5) is 5.95 Å². The molecule has 2 aliphatic rings. The molecule has 0 aliphatic carbocycles. The monoisotopic (exact) mass is 641 g/mol. The second-order valence-corrected chi connectivity index (χ2v) is 13.6. The number of hydrogen-bond acceptors (Lipinski definition) is 7. The predicted octanol–water partition coefficient (Wildman–Crippen LogP) is -3.28. The Labute approximate surface area is 200 Å². The fraction of sp³-hybridized carbons (Fsp3) is 0.333. The van der Waals surface area contributed by atoms with Crippen LogP contribution in [0.25, 0.3) is 14.7 Å². The molecule has 3 aromatic rings. The van der Waals surface area contributed by atoms with Gasteiger partial charge in [-0.2, -0.15) is 0 Å². The van der Waals surface area contributed by atoms with E-state index in [2.05, 4.69) is 51.1 Å². The first kappa shape index (κ1) is 21.1. The molecule has 31 heavy (non-hydrogen) atoms. The zero-order valence-corrected chi connectivity index (χ0v) is 21.3. The van der Waals surface area contributed by atoms with Crippen molar-refractivity contribution in [1.82, 2.24) is 29.9 Å². The molecule has 0 saturated carbocycles. The van der Waals surface area contributed by atoms with Crippen LogP contribution in [-0.4, -0.2) is 51.6 Å². The minimum atomic E-state index is -0.243. The van der Waals surface area contributed by atoms with E-state index in [1.807, 2.05) is 18.2 Å². The van der Waals surface area contributed by atoms with Crippen LogP contribution in [0.15, 0.2) is 38.9 Å². The Balaban J connectivity index is 1.41. The van der Waals surface area contributed by atoms with Gasteiger partial charge in [-0.15, -0.1) is 0 Å². The molecule has 10 heteroatoms. The minimum absolute atomic E-state index is 0.243. The normalized spacial score (nSPS) is 18.9. The first-order valence-corrected chi connectivity index (χ1v) is 15.1. The van der Waals surface area contributed by atoms with Gasteiger partial charge in [-0.25, -0.2) is 0 Å². The SMILES string of the molecule is C=Nc1nc(C2=CC=C(C)[I-]2)c2nnn(Cc3cccc(COC4CC[I-]C4)n3)c2n1. The van der Waals surface area contributed by atoms with E-state index in [0.717, 1.165) is 17.1 Å². The second kappa shape index (κ2) is 9.36. The molecule has 0 amide bonds. The third-order valence-electron chi connectivity index (χ3n) is 4.92. The Hall–Kier alpha value is -1.80.